The first-order chi connectivity index (χ1) is 21.5. The molecule has 0 aromatic heterocycles. The Bertz CT molecular complexity index is 1340. The second-order valence-corrected chi connectivity index (χ2v) is 10.0. The van der Waals surface area contributed by atoms with Crippen LogP contribution in [0.5, 0.6) is 0 Å². The van der Waals surface area contributed by atoms with Crippen LogP contribution in [0.15, 0.2) is 58.8 Å². The summed E-state index contributed by atoms with van der Waals surface area (Å²) >= 11 is 0. The molecular weight excluding hydrogens is 590 g/mol. The van der Waals surface area contributed by atoms with Gasteiger partial charge in [-0.25, -0.2) is 0 Å². The van der Waals surface area contributed by atoms with Crippen molar-refractivity contribution in [2.24, 2.45) is 10.2 Å². The second-order valence-electron chi connectivity index (χ2n) is 10.0. The van der Waals surface area contributed by atoms with E-state index in [1.54, 1.807) is 48.5 Å². The molecule has 0 fully saturated rings. The highest BCUT2D eigenvalue weighted by Crippen LogP contribution is 2.15. The molecule has 0 bridgehead atoms. The third-order valence-electron chi connectivity index (χ3n) is 6.34. The number of Topliss-reactive ketones (excluding diaryl/α,β-unsaturated/α-hetero) is 2. The molecule has 0 saturated heterocycles. The summed E-state index contributed by atoms with van der Waals surface area (Å²) in [4.78, 5) is 69.4. The molecule has 45 heavy (non-hydrogen) atoms. The quantitative estimate of drug-likeness (QED) is 0.0976. The van der Waals surface area contributed by atoms with E-state index in [1.807, 2.05) is 0 Å². The Morgan fingerprint density at radius 1 is 0.533 bits per heavy atom. The van der Waals surface area contributed by atoms with Gasteiger partial charge in [0.2, 0.25) is 0 Å². The van der Waals surface area contributed by atoms with Crippen molar-refractivity contribution in [2.45, 2.75) is 12.8 Å². The molecule has 0 unspecified atom stereocenters. The first kappa shape index (κ1) is 35.9. The number of aliphatic carboxylic acids is 3. The maximum absolute atomic E-state index is 12.7. The van der Waals surface area contributed by atoms with E-state index in [9.17, 15) is 39.3 Å². The van der Waals surface area contributed by atoms with Crippen molar-refractivity contribution in [3.05, 3.63) is 80.5 Å². The smallest absolute Gasteiger partial charge is 0.317 e. The summed E-state index contributed by atoms with van der Waals surface area (Å²) < 4.78 is 0. The standard InChI is InChI=1S/C28H33N9O8/c29-33-31-22-5-1-20(2-6-22)13-24(38)15-36(18-27(42)43)11-9-35(17-26(40)41)10-12-37(19-28(44)45)16-25(39)14-21-3-7-23(8-4-21)32-34-30/h1-8H,9-19H2,(H,40,41)(H,42,43)(H,44,45). The molecule has 2 aromatic carbocycles. The fourth-order valence-electron chi connectivity index (χ4n) is 4.37. The molecule has 3 N–H and O–H groups in total. The van der Waals surface area contributed by atoms with Crippen molar-refractivity contribution in [2.75, 3.05) is 58.9 Å². The normalized spacial score (nSPS) is 10.7. The zero-order valence-electron chi connectivity index (χ0n) is 24.3. The number of carboxylic acid groups (broad SMARTS) is 3. The minimum Gasteiger partial charge on any atom is -0.480 e. The molecule has 2 aromatic rings. The second kappa shape index (κ2) is 19.1. The minimum absolute atomic E-state index is 0.00162. The van der Waals surface area contributed by atoms with Gasteiger partial charge < -0.3 is 15.3 Å². The molecule has 0 saturated carbocycles. The number of ketones is 2. The predicted molar refractivity (Wildman–Crippen MR) is 160 cm³/mol. The Morgan fingerprint density at radius 3 is 1.16 bits per heavy atom. The van der Waals surface area contributed by atoms with E-state index in [0.717, 1.165) is 0 Å². The number of azide groups is 2. The molecular formula is C28H33N9O8. The van der Waals surface area contributed by atoms with Crippen LogP contribution in [-0.2, 0) is 36.8 Å². The van der Waals surface area contributed by atoms with E-state index in [0.29, 0.717) is 22.5 Å². The first-order valence-electron chi connectivity index (χ1n) is 13.6. The van der Waals surface area contributed by atoms with Crippen molar-refractivity contribution in [1.82, 2.24) is 14.7 Å². The van der Waals surface area contributed by atoms with Gasteiger partial charge in [0.15, 0.2) is 11.6 Å². The molecule has 238 valence electrons. The number of nitrogens with zero attached hydrogens (tertiary/aromatic N) is 9. The zero-order valence-corrected chi connectivity index (χ0v) is 24.3. The van der Waals surface area contributed by atoms with Crippen molar-refractivity contribution in [1.29, 1.82) is 0 Å². The van der Waals surface area contributed by atoms with Crippen molar-refractivity contribution >= 4 is 40.8 Å². The summed E-state index contributed by atoms with van der Waals surface area (Å²) in [7, 11) is 0. The Balaban J connectivity index is 2.00. The summed E-state index contributed by atoms with van der Waals surface area (Å²) in [5.74, 6) is -4.08. The van der Waals surface area contributed by atoms with Gasteiger partial charge in [-0.05, 0) is 22.2 Å². The van der Waals surface area contributed by atoms with Gasteiger partial charge in [0.25, 0.3) is 0 Å². The van der Waals surface area contributed by atoms with Gasteiger partial charge >= 0.3 is 17.9 Å². The summed E-state index contributed by atoms with van der Waals surface area (Å²) in [6, 6.07) is 12.7. The van der Waals surface area contributed by atoms with Gasteiger partial charge in [-0.2, -0.15) is 0 Å². The van der Waals surface area contributed by atoms with Gasteiger partial charge in [0.05, 0.1) is 32.7 Å². The van der Waals surface area contributed by atoms with Gasteiger partial charge in [0, 0.05) is 60.2 Å². The maximum atomic E-state index is 12.7. The molecule has 0 radical (unpaired) electrons. The third kappa shape index (κ3) is 15.1. The van der Waals surface area contributed by atoms with Crippen LogP contribution in [0, 0.1) is 0 Å². The Kier molecular flexibility index (Phi) is 15.2. The number of hydrogen-bond acceptors (Lipinski definition) is 10. The summed E-state index contributed by atoms with van der Waals surface area (Å²) in [6.07, 6.45) is 0.00324. The summed E-state index contributed by atoms with van der Waals surface area (Å²) in [6.45, 7) is -1.61. The predicted octanol–water partition coefficient (Wildman–Crippen LogP) is 2.65. The lowest BCUT2D eigenvalue weighted by atomic mass is 10.1. The van der Waals surface area contributed by atoms with E-state index in [-0.39, 0.29) is 63.7 Å². The van der Waals surface area contributed by atoms with Crippen LogP contribution in [0.1, 0.15) is 11.1 Å². The third-order valence-corrected chi connectivity index (χ3v) is 6.34. The molecule has 0 atom stereocenters. The van der Waals surface area contributed by atoms with E-state index >= 15 is 0 Å². The van der Waals surface area contributed by atoms with Crippen LogP contribution >= 0.6 is 0 Å². The summed E-state index contributed by atoms with van der Waals surface area (Å²) in [5, 5.41) is 35.0. The largest absolute Gasteiger partial charge is 0.480 e. The topological polar surface area (TPSA) is 253 Å². The minimum atomic E-state index is -1.18. The SMILES string of the molecule is [N-]=[N+]=Nc1ccc(CC(=O)CN(CCN(CCN(CC(=O)O)CC(=O)Cc2ccc(N=[N+]=[N-])cc2)CC(=O)O)CC(=O)O)cc1. The van der Waals surface area contributed by atoms with Crippen LogP contribution in [0.3, 0.4) is 0 Å². The lowest BCUT2D eigenvalue weighted by Gasteiger charge is -2.28. The molecule has 0 aliphatic rings. The molecule has 17 nitrogen and oxygen atoms in total. The highest BCUT2D eigenvalue weighted by atomic mass is 16.4. The zero-order chi connectivity index (χ0) is 33.2. The monoisotopic (exact) mass is 623 g/mol. The Morgan fingerprint density at radius 2 is 0.844 bits per heavy atom. The molecule has 0 aliphatic heterocycles. The van der Waals surface area contributed by atoms with E-state index in [1.165, 1.54) is 14.7 Å². The number of rotatable bonds is 22. The lowest BCUT2D eigenvalue weighted by Crippen LogP contribution is -2.45. The number of carbonyl (C=O) groups is 5. The molecule has 2 rings (SSSR count). The molecule has 0 spiro atoms. The van der Waals surface area contributed by atoms with Crippen molar-refractivity contribution < 1.29 is 39.3 Å². The molecule has 0 heterocycles. The highest BCUT2D eigenvalue weighted by molar-refractivity contribution is 5.84. The van der Waals surface area contributed by atoms with Gasteiger partial charge in [0.1, 0.15) is 0 Å². The number of carboxylic acids is 3. The fraction of sp³-hybridized carbons (Fsp3) is 0.393. The number of hydrogen-bond donors (Lipinski definition) is 3. The van der Waals surface area contributed by atoms with Crippen molar-refractivity contribution in [3.8, 4) is 0 Å². The Hall–Kier alpha value is -5.31. The van der Waals surface area contributed by atoms with Crippen LogP contribution in [0.2, 0.25) is 0 Å². The van der Waals surface area contributed by atoms with Crippen LogP contribution in [-0.4, -0.2) is 118 Å². The average molecular weight is 624 g/mol. The van der Waals surface area contributed by atoms with E-state index in [4.69, 9.17) is 11.1 Å². The number of benzene rings is 2. The molecule has 17 heteroatoms. The first-order valence-corrected chi connectivity index (χ1v) is 13.6. The highest BCUT2D eigenvalue weighted by Gasteiger charge is 2.20. The number of carbonyl (C=O) groups excluding carboxylic acids is 2. The fourth-order valence-corrected chi connectivity index (χ4v) is 4.37. The van der Waals surface area contributed by atoms with E-state index in [2.05, 4.69) is 20.1 Å². The van der Waals surface area contributed by atoms with Crippen LogP contribution < -0.4 is 0 Å². The van der Waals surface area contributed by atoms with Gasteiger partial charge in [-0.1, -0.05) is 58.8 Å². The van der Waals surface area contributed by atoms with E-state index < -0.39 is 37.5 Å². The molecule has 0 aliphatic carbocycles. The maximum Gasteiger partial charge on any atom is 0.317 e. The van der Waals surface area contributed by atoms with Crippen LogP contribution in [0.25, 0.3) is 20.9 Å². The van der Waals surface area contributed by atoms with Crippen LogP contribution in [0.4, 0.5) is 11.4 Å². The van der Waals surface area contributed by atoms with Gasteiger partial charge in [-0.15, -0.1) is 0 Å². The summed E-state index contributed by atoms with van der Waals surface area (Å²) in [5.41, 5.74) is 19.0. The average Bonchev–Trinajstić information content (AvgIpc) is 2.95. The van der Waals surface area contributed by atoms with Gasteiger partial charge in [-0.3, -0.25) is 38.7 Å². The Labute approximate surface area is 257 Å². The van der Waals surface area contributed by atoms with Crippen molar-refractivity contribution in [3.63, 3.8) is 0 Å². The molecule has 0 amide bonds. The lowest BCUT2D eigenvalue weighted by molar-refractivity contribution is -0.140.